The molecule has 0 saturated carbocycles. The van der Waals surface area contributed by atoms with Crippen molar-refractivity contribution in [3.8, 4) is 0 Å². The van der Waals surface area contributed by atoms with Gasteiger partial charge in [0.25, 0.3) is 0 Å². The number of aromatic nitrogens is 1. The predicted molar refractivity (Wildman–Crippen MR) is 80.4 cm³/mol. The molecule has 116 valence electrons. The number of thioether (sulfide) groups is 1. The molecule has 0 fully saturated rings. The molecule has 0 saturated heterocycles. The van der Waals surface area contributed by atoms with Gasteiger partial charge in [-0.2, -0.15) is 0 Å². The molecule has 0 atom stereocenters. The van der Waals surface area contributed by atoms with Crippen molar-refractivity contribution in [2.24, 2.45) is 0 Å². The summed E-state index contributed by atoms with van der Waals surface area (Å²) >= 11 is 2.38. The van der Waals surface area contributed by atoms with Crippen molar-refractivity contribution >= 4 is 46.1 Å². The Bertz CT molecular complexity index is 504. The predicted octanol–water partition coefficient (Wildman–Crippen LogP) is 1.09. The monoisotopic (exact) mass is 332 g/mol. The number of carbonyl (C=O) groups is 3. The summed E-state index contributed by atoms with van der Waals surface area (Å²) in [5, 5.41) is 4.71. The molecule has 0 aliphatic carbocycles. The van der Waals surface area contributed by atoms with Crippen LogP contribution in [0.5, 0.6) is 0 Å². The second kappa shape index (κ2) is 9.35. The van der Waals surface area contributed by atoms with Crippen molar-refractivity contribution in [2.45, 2.75) is 13.3 Å². The molecule has 0 radical (unpaired) electrons. The third kappa shape index (κ3) is 7.09. The maximum Gasteiger partial charge on any atom is 0.315 e. The fourth-order valence-corrected chi connectivity index (χ4v) is 2.62. The molecule has 9 heteroatoms. The summed E-state index contributed by atoms with van der Waals surface area (Å²) in [5.74, 6) is -0.744. The highest BCUT2D eigenvalue weighted by Crippen LogP contribution is 2.16. The number of hydrogen-bond acceptors (Lipinski definition) is 8. The van der Waals surface area contributed by atoms with Gasteiger partial charge in [0, 0.05) is 5.38 Å². The SMILES string of the molecule is CCOC(=O)Cc1csc(NC(=O)CSCC(=O)OC)n1. The molecule has 0 spiro atoms. The maximum atomic E-state index is 11.6. The lowest BCUT2D eigenvalue weighted by Gasteiger charge is -2.01. The number of ether oxygens (including phenoxy) is 2. The molecule has 0 aromatic carbocycles. The molecule has 1 aromatic rings. The minimum absolute atomic E-state index is 0.0807. The van der Waals surface area contributed by atoms with Crippen molar-refractivity contribution in [3.05, 3.63) is 11.1 Å². The highest BCUT2D eigenvalue weighted by molar-refractivity contribution is 8.00. The first kappa shape index (κ1) is 17.4. The molecule has 0 aliphatic heterocycles. The van der Waals surface area contributed by atoms with Crippen LogP contribution in [0.2, 0.25) is 0 Å². The van der Waals surface area contributed by atoms with Gasteiger partial charge in [-0.3, -0.25) is 14.4 Å². The van der Waals surface area contributed by atoms with E-state index in [1.54, 1.807) is 12.3 Å². The van der Waals surface area contributed by atoms with Crippen LogP contribution in [0.15, 0.2) is 5.38 Å². The largest absolute Gasteiger partial charge is 0.468 e. The topological polar surface area (TPSA) is 94.6 Å². The zero-order chi connectivity index (χ0) is 15.7. The van der Waals surface area contributed by atoms with Crippen LogP contribution in [-0.4, -0.2) is 48.1 Å². The van der Waals surface area contributed by atoms with Crippen molar-refractivity contribution in [1.29, 1.82) is 0 Å². The van der Waals surface area contributed by atoms with Crippen molar-refractivity contribution in [2.75, 3.05) is 30.5 Å². The summed E-state index contributed by atoms with van der Waals surface area (Å²) in [6, 6.07) is 0. The van der Waals surface area contributed by atoms with Crippen molar-refractivity contribution < 1.29 is 23.9 Å². The van der Waals surface area contributed by atoms with Gasteiger partial charge in [-0.25, -0.2) is 4.98 Å². The number of thiazole rings is 1. The Morgan fingerprint density at radius 1 is 1.33 bits per heavy atom. The minimum atomic E-state index is -0.376. The lowest BCUT2D eigenvalue weighted by Crippen LogP contribution is -2.16. The Balaban J connectivity index is 2.34. The van der Waals surface area contributed by atoms with Crippen LogP contribution in [0.1, 0.15) is 12.6 Å². The van der Waals surface area contributed by atoms with Crippen LogP contribution in [0.4, 0.5) is 5.13 Å². The van der Waals surface area contributed by atoms with E-state index < -0.39 is 0 Å². The third-order valence-electron chi connectivity index (χ3n) is 2.11. The fourth-order valence-electron chi connectivity index (χ4n) is 1.25. The number of methoxy groups -OCH3 is 1. The zero-order valence-electron chi connectivity index (χ0n) is 11.7. The van der Waals surface area contributed by atoms with Crippen molar-refractivity contribution in [1.82, 2.24) is 4.98 Å². The normalized spacial score (nSPS) is 10.0. The molecule has 0 unspecified atom stereocenters. The van der Waals surface area contributed by atoms with Gasteiger partial charge >= 0.3 is 11.9 Å². The maximum absolute atomic E-state index is 11.6. The summed E-state index contributed by atoms with van der Waals surface area (Å²) in [5.41, 5.74) is 0.552. The molecule has 1 aromatic heterocycles. The highest BCUT2D eigenvalue weighted by Gasteiger charge is 2.11. The molecule has 21 heavy (non-hydrogen) atoms. The molecular weight excluding hydrogens is 316 g/mol. The second-order valence-corrected chi connectivity index (χ2v) is 5.59. The Morgan fingerprint density at radius 2 is 2.10 bits per heavy atom. The molecule has 1 rings (SSSR count). The van der Waals surface area contributed by atoms with E-state index in [0.717, 1.165) is 11.8 Å². The van der Waals surface area contributed by atoms with E-state index in [1.807, 2.05) is 0 Å². The number of carbonyl (C=O) groups excluding carboxylic acids is 3. The molecule has 0 bridgehead atoms. The number of esters is 2. The average molecular weight is 332 g/mol. The summed E-state index contributed by atoms with van der Waals surface area (Å²) < 4.78 is 9.28. The second-order valence-electron chi connectivity index (χ2n) is 3.74. The summed E-state index contributed by atoms with van der Waals surface area (Å²) in [7, 11) is 1.30. The van der Waals surface area contributed by atoms with Crippen LogP contribution in [0, 0.1) is 0 Å². The van der Waals surface area contributed by atoms with Gasteiger partial charge in [0.2, 0.25) is 5.91 Å². The van der Waals surface area contributed by atoms with Crippen LogP contribution in [-0.2, 0) is 30.3 Å². The Morgan fingerprint density at radius 3 is 2.76 bits per heavy atom. The van der Waals surface area contributed by atoms with Crippen LogP contribution in [0.25, 0.3) is 0 Å². The van der Waals surface area contributed by atoms with E-state index >= 15 is 0 Å². The number of nitrogens with zero attached hydrogens (tertiary/aromatic N) is 1. The number of amides is 1. The van der Waals surface area contributed by atoms with Crippen LogP contribution in [0.3, 0.4) is 0 Å². The smallest absolute Gasteiger partial charge is 0.315 e. The van der Waals surface area contributed by atoms with Gasteiger partial charge in [-0.1, -0.05) is 0 Å². The number of rotatable bonds is 8. The molecule has 7 nitrogen and oxygen atoms in total. The van der Waals surface area contributed by atoms with E-state index in [-0.39, 0.29) is 35.8 Å². The highest BCUT2D eigenvalue weighted by atomic mass is 32.2. The lowest BCUT2D eigenvalue weighted by molar-refractivity contribution is -0.142. The first-order chi connectivity index (χ1) is 10.0. The van der Waals surface area contributed by atoms with Gasteiger partial charge in [0.15, 0.2) is 5.13 Å². The summed E-state index contributed by atoms with van der Waals surface area (Å²) in [6.45, 7) is 2.06. The first-order valence-corrected chi connectivity index (χ1v) is 8.13. The number of hydrogen-bond donors (Lipinski definition) is 1. The van der Waals surface area contributed by atoms with Gasteiger partial charge < -0.3 is 14.8 Å². The Hall–Kier alpha value is -1.61. The number of anilines is 1. The quantitative estimate of drug-likeness (QED) is 0.712. The van der Waals surface area contributed by atoms with Gasteiger partial charge in [0.05, 0.1) is 37.3 Å². The minimum Gasteiger partial charge on any atom is -0.468 e. The molecule has 1 N–H and O–H groups in total. The molecule has 1 amide bonds. The molecular formula is C12H16N2O5S2. The standard InChI is InChI=1S/C12H16N2O5S2/c1-3-19-10(16)4-8-5-21-12(13-8)14-9(15)6-20-7-11(17)18-2/h5H,3-4,6-7H2,1-2H3,(H,13,14,15). The van der Waals surface area contributed by atoms with Gasteiger partial charge in [-0.15, -0.1) is 23.1 Å². The summed E-state index contributed by atoms with van der Waals surface area (Å²) in [4.78, 5) is 37.9. The average Bonchev–Trinajstić information content (AvgIpc) is 2.85. The van der Waals surface area contributed by atoms with Gasteiger partial charge in [0.1, 0.15) is 0 Å². The third-order valence-corrected chi connectivity index (χ3v) is 3.82. The Labute approximate surface area is 130 Å². The molecule has 0 aliphatic rings. The van der Waals surface area contributed by atoms with Crippen LogP contribution < -0.4 is 5.32 Å². The Kier molecular flexibility index (Phi) is 7.76. The van der Waals surface area contributed by atoms with E-state index in [0.29, 0.717) is 17.4 Å². The van der Waals surface area contributed by atoms with E-state index in [2.05, 4.69) is 15.0 Å². The zero-order valence-corrected chi connectivity index (χ0v) is 13.3. The van der Waals surface area contributed by atoms with Gasteiger partial charge in [-0.05, 0) is 6.92 Å². The van der Waals surface area contributed by atoms with Crippen LogP contribution >= 0.6 is 23.1 Å². The van der Waals surface area contributed by atoms with E-state index in [4.69, 9.17) is 4.74 Å². The summed E-state index contributed by atoms with van der Waals surface area (Å²) in [6.07, 6.45) is 0.0807. The van der Waals surface area contributed by atoms with E-state index in [1.165, 1.54) is 18.4 Å². The van der Waals surface area contributed by atoms with E-state index in [9.17, 15) is 14.4 Å². The number of nitrogens with one attached hydrogen (secondary N) is 1. The van der Waals surface area contributed by atoms with Crippen molar-refractivity contribution in [3.63, 3.8) is 0 Å². The lowest BCUT2D eigenvalue weighted by atomic mass is 10.3. The first-order valence-electron chi connectivity index (χ1n) is 6.09. The fraction of sp³-hybridized carbons (Fsp3) is 0.500. The molecule has 1 heterocycles.